The van der Waals surface area contributed by atoms with Crippen LogP contribution >= 0.6 is 22.6 Å². The van der Waals surface area contributed by atoms with Crippen molar-refractivity contribution in [1.29, 1.82) is 0 Å². The van der Waals surface area contributed by atoms with Crippen molar-refractivity contribution in [2.75, 3.05) is 27.1 Å². The minimum absolute atomic E-state index is 0.167. The van der Waals surface area contributed by atoms with E-state index in [0.717, 1.165) is 44.9 Å². The molecule has 1 aliphatic rings. The third-order valence-electron chi connectivity index (χ3n) is 10.4. The number of ether oxygens (including phenoxy) is 3. The summed E-state index contributed by atoms with van der Waals surface area (Å²) >= 11 is 2.29. The Morgan fingerprint density at radius 3 is 1.98 bits per heavy atom. The second-order valence-corrected chi connectivity index (χ2v) is 26.6. The fraction of sp³-hybridized carbons (Fsp3) is 0.889. The van der Waals surface area contributed by atoms with Crippen molar-refractivity contribution in [1.82, 2.24) is 0 Å². The van der Waals surface area contributed by atoms with Crippen molar-refractivity contribution < 1.29 is 23.1 Å². The molecular formula is C36H71IO5Si2. The monoisotopic (exact) mass is 766 g/mol. The van der Waals surface area contributed by atoms with Gasteiger partial charge in [0.25, 0.3) is 0 Å². The van der Waals surface area contributed by atoms with Crippen molar-refractivity contribution in [3.63, 3.8) is 0 Å². The molecule has 260 valence electrons. The first-order chi connectivity index (χ1) is 20.3. The van der Waals surface area contributed by atoms with Gasteiger partial charge >= 0.3 is 0 Å². The van der Waals surface area contributed by atoms with Crippen molar-refractivity contribution in [3.05, 3.63) is 22.3 Å². The van der Waals surface area contributed by atoms with Gasteiger partial charge in [-0.2, -0.15) is 0 Å². The van der Waals surface area contributed by atoms with Gasteiger partial charge in [-0.05, 0) is 109 Å². The molecule has 6 atom stereocenters. The van der Waals surface area contributed by atoms with Gasteiger partial charge in [-0.1, -0.05) is 96.2 Å². The van der Waals surface area contributed by atoms with Crippen LogP contribution in [0.3, 0.4) is 0 Å². The summed E-state index contributed by atoms with van der Waals surface area (Å²) in [6, 6.07) is 0. The molecule has 44 heavy (non-hydrogen) atoms. The smallest absolute Gasteiger partial charge is 0.192 e. The number of unbranched alkanes of at least 4 members (excludes halogenated alkanes) is 1. The first-order valence-corrected chi connectivity index (χ1v) is 24.4. The molecule has 0 aromatic heterocycles. The number of hydrogen-bond acceptors (Lipinski definition) is 5. The fourth-order valence-corrected chi connectivity index (χ4v) is 8.52. The minimum Gasteiger partial charge on any atom is -0.411 e. The maximum atomic E-state index is 7.19. The highest BCUT2D eigenvalue weighted by Gasteiger charge is 2.46. The second-order valence-electron chi connectivity index (χ2n) is 16.4. The molecule has 1 saturated carbocycles. The Hall–Kier alpha value is 0.444. The summed E-state index contributed by atoms with van der Waals surface area (Å²) in [5.74, 6) is 1.60. The Balaban J connectivity index is 3.00. The summed E-state index contributed by atoms with van der Waals surface area (Å²) in [5.41, 5.74) is 0. The van der Waals surface area contributed by atoms with E-state index >= 15 is 0 Å². The lowest BCUT2D eigenvalue weighted by molar-refractivity contribution is -0.117. The summed E-state index contributed by atoms with van der Waals surface area (Å²) in [6.07, 6.45) is 16.4. The molecule has 1 aliphatic carbocycles. The summed E-state index contributed by atoms with van der Waals surface area (Å²) < 4.78 is 33.7. The van der Waals surface area contributed by atoms with Gasteiger partial charge in [0.15, 0.2) is 16.6 Å². The second kappa shape index (κ2) is 20.1. The van der Waals surface area contributed by atoms with Gasteiger partial charge in [0.05, 0.1) is 31.5 Å². The minimum atomic E-state index is -1.95. The van der Waals surface area contributed by atoms with E-state index in [1.807, 2.05) is 0 Å². The third-order valence-corrected chi connectivity index (χ3v) is 20.0. The van der Waals surface area contributed by atoms with E-state index in [-0.39, 0.29) is 28.4 Å². The lowest BCUT2D eigenvalue weighted by Crippen LogP contribution is -2.53. The van der Waals surface area contributed by atoms with Crippen LogP contribution in [0.1, 0.15) is 107 Å². The first kappa shape index (κ1) is 42.5. The lowest BCUT2D eigenvalue weighted by atomic mass is 9.78. The molecule has 0 saturated heterocycles. The highest BCUT2D eigenvalue weighted by molar-refractivity contribution is 14.1. The van der Waals surface area contributed by atoms with E-state index < -0.39 is 16.6 Å². The highest BCUT2D eigenvalue weighted by atomic mass is 127. The molecule has 1 fully saturated rings. The predicted molar refractivity (Wildman–Crippen MR) is 203 cm³/mol. The third kappa shape index (κ3) is 15.6. The average Bonchev–Trinajstić information content (AvgIpc) is 2.90. The van der Waals surface area contributed by atoms with Crippen LogP contribution in [0.2, 0.25) is 36.3 Å². The summed E-state index contributed by atoms with van der Waals surface area (Å²) in [4.78, 5) is 0. The van der Waals surface area contributed by atoms with Gasteiger partial charge < -0.3 is 23.1 Å². The van der Waals surface area contributed by atoms with E-state index in [0.29, 0.717) is 37.8 Å². The summed E-state index contributed by atoms with van der Waals surface area (Å²) in [6.45, 7) is 29.8. The molecule has 0 bridgehead atoms. The van der Waals surface area contributed by atoms with Crippen LogP contribution in [0.5, 0.6) is 0 Å². The SMILES string of the molecule is COCCOCO[C@@H](CC[C@H](C)/C=C/CC/C=C/I)[C@H](C)C[C@@H]1CC[C@@H](O[Si](C)(C)C(C)(C)C)[C@H](O[Si](C)(C)C(C)(C)C)C1. The van der Waals surface area contributed by atoms with Crippen molar-refractivity contribution in [2.45, 2.75) is 161 Å². The number of hydrogen-bond donors (Lipinski definition) is 0. The number of rotatable bonds is 20. The number of methoxy groups -OCH3 is 1. The molecule has 0 spiro atoms. The van der Waals surface area contributed by atoms with Crippen LogP contribution in [0.25, 0.3) is 0 Å². The molecule has 8 heteroatoms. The van der Waals surface area contributed by atoms with Crippen LogP contribution in [-0.4, -0.2) is 62.1 Å². The zero-order chi connectivity index (χ0) is 33.6. The topological polar surface area (TPSA) is 46.2 Å². The maximum Gasteiger partial charge on any atom is 0.192 e. The van der Waals surface area contributed by atoms with Crippen LogP contribution < -0.4 is 0 Å². The van der Waals surface area contributed by atoms with E-state index in [2.05, 4.69) is 126 Å². The molecular weight excluding hydrogens is 695 g/mol. The normalized spacial score (nSPS) is 23.0. The molecule has 0 aromatic rings. The van der Waals surface area contributed by atoms with Crippen LogP contribution in [-0.2, 0) is 23.1 Å². The molecule has 0 heterocycles. The Bertz CT molecular complexity index is 833. The zero-order valence-electron chi connectivity index (χ0n) is 31.0. The number of halogens is 1. The quantitative estimate of drug-likeness (QED) is 0.0406. The van der Waals surface area contributed by atoms with E-state index in [9.17, 15) is 0 Å². The molecule has 0 unspecified atom stereocenters. The Morgan fingerprint density at radius 2 is 1.41 bits per heavy atom. The average molecular weight is 767 g/mol. The van der Waals surface area contributed by atoms with Gasteiger partial charge in [0.1, 0.15) is 6.79 Å². The van der Waals surface area contributed by atoms with Crippen molar-refractivity contribution >= 4 is 39.2 Å². The summed E-state index contributed by atoms with van der Waals surface area (Å²) in [5, 5.41) is 0.363. The molecule has 0 radical (unpaired) electrons. The zero-order valence-corrected chi connectivity index (χ0v) is 35.1. The van der Waals surface area contributed by atoms with Crippen molar-refractivity contribution in [2.24, 2.45) is 17.8 Å². The highest BCUT2D eigenvalue weighted by Crippen LogP contribution is 2.44. The van der Waals surface area contributed by atoms with Crippen LogP contribution in [0, 0.1) is 17.8 Å². The standard InChI is InChI=1S/C36H71IO5Si2/c1-29(18-16-14-15-17-23-37)19-21-32(40-28-39-25-24-38-9)30(2)26-31-20-22-33(41-43(10,11)35(3,4)5)34(27-31)42-44(12,13)36(6,7)8/h16-18,23,29-34H,14-15,19-22,24-28H2,1-13H3/b18-16+,23-17+/t29-,30-,31+,32+,33-,34-/m1/s1. The Kier molecular flexibility index (Phi) is 19.4. The van der Waals surface area contributed by atoms with Crippen LogP contribution in [0.15, 0.2) is 22.3 Å². The Morgan fingerprint density at radius 1 is 0.818 bits per heavy atom. The van der Waals surface area contributed by atoms with E-state index in [1.54, 1.807) is 7.11 Å². The number of allylic oxidation sites excluding steroid dienone is 3. The van der Waals surface area contributed by atoms with Gasteiger partial charge in [0, 0.05) is 7.11 Å². The molecule has 0 N–H and O–H groups in total. The van der Waals surface area contributed by atoms with Crippen LogP contribution in [0.4, 0.5) is 0 Å². The lowest BCUT2D eigenvalue weighted by Gasteiger charge is -2.48. The van der Waals surface area contributed by atoms with Gasteiger partial charge in [-0.15, -0.1) is 0 Å². The van der Waals surface area contributed by atoms with Gasteiger partial charge in [-0.25, -0.2) is 0 Å². The van der Waals surface area contributed by atoms with E-state index in [4.69, 9.17) is 23.1 Å². The molecule has 1 rings (SSSR count). The molecule has 0 aromatic carbocycles. The summed E-state index contributed by atoms with van der Waals surface area (Å²) in [7, 11) is -2.15. The largest absolute Gasteiger partial charge is 0.411 e. The van der Waals surface area contributed by atoms with Crippen molar-refractivity contribution in [3.8, 4) is 0 Å². The van der Waals surface area contributed by atoms with Gasteiger partial charge in [0.2, 0.25) is 0 Å². The molecule has 5 nitrogen and oxygen atoms in total. The van der Waals surface area contributed by atoms with Gasteiger partial charge in [-0.3, -0.25) is 0 Å². The fourth-order valence-electron chi connectivity index (χ4n) is 5.42. The first-order valence-electron chi connectivity index (χ1n) is 17.3. The Labute approximate surface area is 289 Å². The maximum absolute atomic E-state index is 7.19. The van der Waals surface area contributed by atoms with E-state index in [1.165, 1.54) is 6.42 Å². The molecule has 0 aliphatic heterocycles. The predicted octanol–water partition coefficient (Wildman–Crippen LogP) is 11.3. The molecule has 0 amide bonds.